The molecule has 0 spiro atoms. The van der Waals surface area contributed by atoms with Crippen molar-refractivity contribution < 1.29 is 19.2 Å². The van der Waals surface area contributed by atoms with Gasteiger partial charge in [-0.05, 0) is 75.9 Å². The number of fused-ring (bicyclic) bond motifs is 1. The molecule has 4 amide bonds. The molecule has 0 radical (unpaired) electrons. The largest absolute Gasteiger partial charge is 0.370 e. The van der Waals surface area contributed by atoms with Crippen LogP contribution in [0.3, 0.4) is 0 Å². The summed E-state index contributed by atoms with van der Waals surface area (Å²) in [7, 11) is 0. The smallest absolute Gasteiger partial charge is 0.262 e. The molecular weight excluding hydrogens is 422 g/mol. The van der Waals surface area contributed by atoms with E-state index < -0.39 is 23.8 Å². The SMILES string of the molecule is O=C1CCC(N2C(=O)c3ccc(N4CCCC(NCC5CCNCC5)C4)cc3C2=O)C(=O)N1. The summed E-state index contributed by atoms with van der Waals surface area (Å²) in [5, 5.41) is 9.39. The lowest BCUT2D eigenvalue weighted by atomic mass is 9.97. The molecule has 3 saturated heterocycles. The number of anilines is 1. The highest BCUT2D eigenvalue weighted by Crippen LogP contribution is 2.31. The number of hydrogen-bond donors (Lipinski definition) is 3. The van der Waals surface area contributed by atoms with Crippen LogP contribution in [0.5, 0.6) is 0 Å². The Hall–Kier alpha value is -2.78. The first kappa shape index (κ1) is 22.0. The first-order valence-electron chi connectivity index (χ1n) is 12.1. The van der Waals surface area contributed by atoms with Gasteiger partial charge in [-0.1, -0.05) is 0 Å². The lowest BCUT2D eigenvalue weighted by molar-refractivity contribution is -0.136. The molecule has 0 aromatic heterocycles. The van der Waals surface area contributed by atoms with Crippen molar-refractivity contribution in [2.24, 2.45) is 5.92 Å². The second kappa shape index (κ2) is 9.23. The number of rotatable bonds is 5. The van der Waals surface area contributed by atoms with E-state index in [4.69, 9.17) is 0 Å². The van der Waals surface area contributed by atoms with Crippen molar-refractivity contribution in [3.63, 3.8) is 0 Å². The normalized spacial score (nSPS) is 26.5. The van der Waals surface area contributed by atoms with Crippen molar-refractivity contribution in [1.29, 1.82) is 0 Å². The highest BCUT2D eigenvalue weighted by Gasteiger charge is 2.44. The average Bonchev–Trinajstić information content (AvgIpc) is 3.08. The van der Waals surface area contributed by atoms with E-state index in [-0.39, 0.29) is 18.7 Å². The predicted molar refractivity (Wildman–Crippen MR) is 122 cm³/mol. The number of benzene rings is 1. The molecule has 3 fully saturated rings. The summed E-state index contributed by atoms with van der Waals surface area (Å²) in [6.45, 7) is 5.01. The first-order chi connectivity index (χ1) is 16.0. The van der Waals surface area contributed by atoms with Crippen LogP contribution in [0, 0.1) is 5.92 Å². The van der Waals surface area contributed by atoms with E-state index in [1.165, 1.54) is 12.8 Å². The Bertz CT molecular complexity index is 974. The van der Waals surface area contributed by atoms with Gasteiger partial charge < -0.3 is 15.5 Å². The minimum Gasteiger partial charge on any atom is -0.370 e. The van der Waals surface area contributed by atoms with Gasteiger partial charge in [0.15, 0.2) is 0 Å². The van der Waals surface area contributed by atoms with E-state index in [1.807, 2.05) is 6.07 Å². The van der Waals surface area contributed by atoms with Gasteiger partial charge in [-0.2, -0.15) is 0 Å². The third-order valence-corrected chi connectivity index (χ3v) is 7.36. The summed E-state index contributed by atoms with van der Waals surface area (Å²) in [5.41, 5.74) is 1.59. The van der Waals surface area contributed by atoms with Crippen LogP contribution >= 0.6 is 0 Å². The standard InChI is InChI=1S/C24H31N5O4/c30-21-6-5-20(22(31)27-21)29-23(32)18-4-3-17(12-19(18)24(29)33)28-11-1-2-16(14-28)26-13-15-7-9-25-10-8-15/h3-4,12,15-16,20,25-26H,1-2,5-11,13-14H2,(H,27,30,31). The van der Waals surface area contributed by atoms with Crippen LogP contribution in [0.4, 0.5) is 5.69 Å². The van der Waals surface area contributed by atoms with E-state index >= 15 is 0 Å². The monoisotopic (exact) mass is 453 g/mol. The van der Waals surface area contributed by atoms with Gasteiger partial charge in [0.25, 0.3) is 11.8 Å². The molecule has 1 aromatic rings. The summed E-state index contributed by atoms with van der Waals surface area (Å²) < 4.78 is 0. The van der Waals surface area contributed by atoms with Crippen molar-refractivity contribution in [2.75, 3.05) is 37.6 Å². The Balaban J connectivity index is 1.27. The lowest BCUT2D eigenvalue weighted by Gasteiger charge is -2.36. The summed E-state index contributed by atoms with van der Waals surface area (Å²) in [5.74, 6) is -1.15. The fraction of sp³-hybridized carbons (Fsp3) is 0.583. The summed E-state index contributed by atoms with van der Waals surface area (Å²) in [4.78, 5) is 53.1. The van der Waals surface area contributed by atoms with Gasteiger partial charge in [0.1, 0.15) is 6.04 Å². The molecule has 0 aliphatic carbocycles. The van der Waals surface area contributed by atoms with Crippen molar-refractivity contribution in [3.8, 4) is 0 Å². The zero-order valence-electron chi connectivity index (χ0n) is 18.8. The Kier molecular flexibility index (Phi) is 6.16. The van der Waals surface area contributed by atoms with Gasteiger partial charge in [-0.15, -0.1) is 0 Å². The van der Waals surface area contributed by atoms with E-state index in [0.29, 0.717) is 17.2 Å². The molecule has 2 atom stereocenters. The molecule has 1 aromatic carbocycles. The predicted octanol–water partition coefficient (Wildman–Crippen LogP) is 0.646. The quantitative estimate of drug-likeness (QED) is 0.562. The van der Waals surface area contributed by atoms with Crippen LogP contribution in [0.1, 0.15) is 59.2 Å². The Morgan fingerprint density at radius 3 is 2.55 bits per heavy atom. The minimum absolute atomic E-state index is 0.120. The van der Waals surface area contributed by atoms with Crippen molar-refractivity contribution >= 4 is 29.3 Å². The summed E-state index contributed by atoms with van der Waals surface area (Å²) in [6.07, 6.45) is 4.92. The minimum atomic E-state index is -0.933. The van der Waals surface area contributed by atoms with E-state index in [1.54, 1.807) is 12.1 Å². The number of piperidine rings is 3. The maximum atomic E-state index is 13.1. The average molecular weight is 454 g/mol. The molecule has 4 aliphatic rings. The Morgan fingerprint density at radius 1 is 0.970 bits per heavy atom. The van der Waals surface area contributed by atoms with Gasteiger partial charge >= 0.3 is 0 Å². The number of hydrogen-bond acceptors (Lipinski definition) is 7. The number of nitrogens with one attached hydrogen (secondary N) is 3. The summed E-state index contributed by atoms with van der Waals surface area (Å²) in [6, 6.07) is 4.85. The first-order valence-corrected chi connectivity index (χ1v) is 12.1. The molecule has 4 heterocycles. The molecule has 0 saturated carbocycles. The fourth-order valence-corrected chi connectivity index (χ4v) is 5.45. The highest BCUT2D eigenvalue weighted by molar-refractivity contribution is 6.23. The van der Waals surface area contributed by atoms with Crippen molar-refractivity contribution in [1.82, 2.24) is 20.9 Å². The third kappa shape index (κ3) is 4.39. The van der Waals surface area contributed by atoms with Crippen LogP contribution in [-0.4, -0.2) is 73.3 Å². The number of carbonyl (C=O) groups is 4. The van der Waals surface area contributed by atoms with Crippen LogP contribution in [0.2, 0.25) is 0 Å². The molecule has 2 unspecified atom stereocenters. The molecule has 4 aliphatic heterocycles. The van der Waals surface area contributed by atoms with Crippen LogP contribution in [0.15, 0.2) is 18.2 Å². The zero-order valence-corrected chi connectivity index (χ0v) is 18.8. The van der Waals surface area contributed by atoms with Gasteiger partial charge in [0.05, 0.1) is 11.1 Å². The molecular formula is C24H31N5O4. The van der Waals surface area contributed by atoms with Crippen molar-refractivity contribution in [2.45, 2.75) is 50.6 Å². The number of nitrogens with zero attached hydrogens (tertiary/aromatic N) is 2. The molecule has 5 rings (SSSR count). The molecule has 0 bridgehead atoms. The van der Waals surface area contributed by atoms with Gasteiger partial charge in [0, 0.05) is 31.2 Å². The Labute approximate surface area is 193 Å². The van der Waals surface area contributed by atoms with Gasteiger partial charge in [0.2, 0.25) is 11.8 Å². The molecule has 9 nitrogen and oxygen atoms in total. The number of carbonyl (C=O) groups excluding carboxylic acids is 4. The highest BCUT2D eigenvalue weighted by atomic mass is 16.2. The fourth-order valence-electron chi connectivity index (χ4n) is 5.45. The second-order valence-corrected chi connectivity index (χ2v) is 9.56. The third-order valence-electron chi connectivity index (χ3n) is 7.36. The van der Waals surface area contributed by atoms with E-state index in [2.05, 4.69) is 20.9 Å². The van der Waals surface area contributed by atoms with E-state index in [0.717, 1.165) is 62.1 Å². The van der Waals surface area contributed by atoms with Crippen LogP contribution < -0.4 is 20.9 Å². The van der Waals surface area contributed by atoms with Crippen molar-refractivity contribution in [3.05, 3.63) is 29.3 Å². The van der Waals surface area contributed by atoms with Gasteiger partial charge in [-0.25, -0.2) is 0 Å². The molecule has 176 valence electrons. The van der Waals surface area contributed by atoms with Gasteiger partial charge in [-0.3, -0.25) is 29.4 Å². The lowest BCUT2D eigenvalue weighted by Crippen LogP contribution is -2.54. The molecule has 33 heavy (non-hydrogen) atoms. The summed E-state index contributed by atoms with van der Waals surface area (Å²) >= 11 is 0. The maximum absolute atomic E-state index is 13.1. The Morgan fingerprint density at radius 2 is 1.76 bits per heavy atom. The number of imide groups is 2. The van der Waals surface area contributed by atoms with Crippen LogP contribution in [-0.2, 0) is 9.59 Å². The van der Waals surface area contributed by atoms with E-state index in [9.17, 15) is 19.2 Å². The molecule has 9 heteroatoms. The second-order valence-electron chi connectivity index (χ2n) is 9.56. The zero-order chi connectivity index (χ0) is 22.9. The topological polar surface area (TPSA) is 111 Å². The maximum Gasteiger partial charge on any atom is 0.262 e. The van der Waals surface area contributed by atoms with Crippen LogP contribution in [0.25, 0.3) is 0 Å². The number of amides is 4. The molecule has 3 N–H and O–H groups in total.